The van der Waals surface area contributed by atoms with Crippen molar-refractivity contribution in [2.24, 2.45) is 5.92 Å². The Morgan fingerprint density at radius 3 is 2.58 bits per heavy atom. The van der Waals surface area contributed by atoms with E-state index in [2.05, 4.69) is 6.92 Å². The van der Waals surface area contributed by atoms with Gasteiger partial charge in [-0.3, -0.25) is 4.79 Å². The molecule has 0 aliphatic heterocycles. The van der Waals surface area contributed by atoms with Crippen LogP contribution in [0.4, 0.5) is 0 Å². The van der Waals surface area contributed by atoms with Gasteiger partial charge in [0.1, 0.15) is 6.61 Å². The molecule has 0 radical (unpaired) electrons. The third-order valence-electron chi connectivity index (χ3n) is 1.78. The normalized spacial score (nSPS) is 12.6. The first kappa shape index (κ1) is 11.8. The molecule has 0 rings (SSSR count). The maximum Gasteiger partial charge on any atom is 0.308 e. The molecular formula is C9H17ClO2. The van der Waals surface area contributed by atoms with Gasteiger partial charge >= 0.3 is 5.97 Å². The number of carbonyl (C=O) groups is 1. The van der Waals surface area contributed by atoms with Crippen LogP contribution >= 0.6 is 11.6 Å². The first-order chi connectivity index (χ1) is 5.76. The number of ether oxygens (including phenoxy) is 1. The van der Waals surface area contributed by atoms with Crippen LogP contribution < -0.4 is 0 Å². The lowest BCUT2D eigenvalue weighted by Gasteiger charge is -2.11. The maximum atomic E-state index is 11.2. The first-order valence-corrected chi connectivity index (χ1v) is 5.02. The van der Waals surface area contributed by atoms with Crippen molar-refractivity contribution in [1.29, 1.82) is 0 Å². The van der Waals surface area contributed by atoms with Gasteiger partial charge in [0.2, 0.25) is 0 Å². The van der Waals surface area contributed by atoms with E-state index >= 15 is 0 Å². The van der Waals surface area contributed by atoms with Crippen molar-refractivity contribution < 1.29 is 9.53 Å². The molecule has 0 spiro atoms. The highest BCUT2D eigenvalue weighted by atomic mass is 35.5. The number of halogens is 1. The Morgan fingerprint density at radius 1 is 1.50 bits per heavy atom. The smallest absolute Gasteiger partial charge is 0.308 e. The third kappa shape index (κ3) is 4.60. The molecule has 0 aliphatic rings. The van der Waals surface area contributed by atoms with E-state index in [0.717, 1.165) is 19.3 Å². The molecule has 1 unspecified atom stereocenters. The van der Waals surface area contributed by atoms with Gasteiger partial charge in [-0.05, 0) is 12.8 Å². The minimum absolute atomic E-state index is 0.0678. The zero-order valence-electron chi connectivity index (χ0n) is 7.81. The summed E-state index contributed by atoms with van der Waals surface area (Å²) in [6.07, 6.45) is 2.79. The van der Waals surface area contributed by atoms with Gasteiger partial charge in [-0.2, -0.15) is 0 Å². The molecule has 0 bridgehead atoms. The van der Waals surface area contributed by atoms with Crippen molar-refractivity contribution in [3.05, 3.63) is 0 Å². The second-order valence-electron chi connectivity index (χ2n) is 2.75. The predicted octanol–water partition coefficient (Wildman–Crippen LogP) is 2.59. The number of carbonyl (C=O) groups excluding carboxylic acids is 1. The minimum atomic E-state index is -0.0972. The van der Waals surface area contributed by atoms with E-state index < -0.39 is 0 Å². The highest BCUT2D eigenvalue weighted by molar-refractivity contribution is 6.18. The minimum Gasteiger partial charge on any atom is -0.464 e. The number of hydrogen-bond donors (Lipinski definition) is 0. The Morgan fingerprint density at radius 2 is 2.17 bits per heavy atom. The van der Waals surface area contributed by atoms with E-state index in [4.69, 9.17) is 16.3 Å². The highest BCUT2D eigenvalue weighted by Gasteiger charge is 2.15. The molecule has 3 heteroatoms. The monoisotopic (exact) mass is 192 g/mol. The molecule has 0 aromatic heterocycles. The molecule has 0 saturated carbocycles. The van der Waals surface area contributed by atoms with Crippen LogP contribution in [0, 0.1) is 5.92 Å². The van der Waals surface area contributed by atoms with Crippen LogP contribution in [0.1, 0.15) is 33.1 Å². The fraction of sp³-hybridized carbons (Fsp3) is 0.889. The summed E-state index contributed by atoms with van der Waals surface area (Å²) in [6, 6.07) is 0. The second kappa shape index (κ2) is 7.41. The highest BCUT2D eigenvalue weighted by Crippen LogP contribution is 2.12. The van der Waals surface area contributed by atoms with E-state index in [-0.39, 0.29) is 11.9 Å². The molecule has 0 fully saturated rings. The summed E-state index contributed by atoms with van der Waals surface area (Å²) in [5, 5.41) is 0. The van der Waals surface area contributed by atoms with Crippen molar-refractivity contribution in [2.45, 2.75) is 33.1 Å². The van der Waals surface area contributed by atoms with Crippen molar-refractivity contribution in [1.82, 2.24) is 0 Å². The average molecular weight is 193 g/mol. The summed E-state index contributed by atoms with van der Waals surface area (Å²) in [7, 11) is 0. The average Bonchev–Trinajstić information content (AvgIpc) is 2.10. The van der Waals surface area contributed by atoms with Crippen LogP contribution in [0.25, 0.3) is 0 Å². The predicted molar refractivity (Wildman–Crippen MR) is 50.4 cm³/mol. The summed E-state index contributed by atoms with van der Waals surface area (Å²) in [5.41, 5.74) is 0. The number of hydrogen-bond acceptors (Lipinski definition) is 2. The molecule has 1 atom stereocenters. The Balaban J connectivity index is 3.69. The molecule has 12 heavy (non-hydrogen) atoms. The largest absolute Gasteiger partial charge is 0.464 e. The van der Waals surface area contributed by atoms with Gasteiger partial charge in [0, 0.05) is 0 Å². The SMILES string of the molecule is CCCC(CC)C(=O)OCCCl. The fourth-order valence-electron chi connectivity index (χ4n) is 1.09. The van der Waals surface area contributed by atoms with E-state index in [9.17, 15) is 4.79 Å². The first-order valence-electron chi connectivity index (χ1n) is 4.48. The lowest BCUT2D eigenvalue weighted by molar-refractivity contribution is -0.148. The van der Waals surface area contributed by atoms with Crippen molar-refractivity contribution >= 4 is 17.6 Å². The number of alkyl halides is 1. The van der Waals surface area contributed by atoms with E-state index in [1.165, 1.54) is 0 Å². The Labute approximate surface area is 79.2 Å². The van der Waals surface area contributed by atoms with E-state index in [1.807, 2.05) is 6.92 Å². The van der Waals surface area contributed by atoms with Crippen molar-refractivity contribution in [3.63, 3.8) is 0 Å². The van der Waals surface area contributed by atoms with Crippen LogP contribution in [0.15, 0.2) is 0 Å². The van der Waals surface area contributed by atoms with Crippen molar-refractivity contribution in [3.8, 4) is 0 Å². The fourth-order valence-corrected chi connectivity index (χ4v) is 1.17. The van der Waals surface area contributed by atoms with Gasteiger partial charge in [0.25, 0.3) is 0 Å². The van der Waals surface area contributed by atoms with Gasteiger partial charge < -0.3 is 4.74 Å². The molecule has 0 aliphatic carbocycles. The zero-order chi connectivity index (χ0) is 9.40. The molecule has 0 aromatic rings. The van der Waals surface area contributed by atoms with Gasteiger partial charge in [-0.25, -0.2) is 0 Å². The molecule has 0 amide bonds. The van der Waals surface area contributed by atoms with Crippen LogP contribution in [0.3, 0.4) is 0 Å². The third-order valence-corrected chi connectivity index (χ3v) is 1.94. The van der Waals surface area contributed by atoms with Crippen LogP contribution in [-0.2, 0) is 9.53 Å². The van der Waals surface area contributed by atoms with Gasteiger partial charge in [0.05, 0.1) is 11.8 Å². The van der Waals surface area contributed by atoms with Crippen LogP contribution in [-0.4, -0.2) is 18.5 Å². The standard InChI is InChI=1S/C9H17ClO2/c1-3-5-8(4-2)9(11)12-7-6-10/h8H,3-7H2,1-2H3. The maximum absolute atomic E-state index is 11.2. The molecule has 0 saturated heterocycles. The molecule has 0 N–H and O–H groups in total. The lowest BCUT2D eigenvalue weighted by Crippen LogP contribution is -2.17. The Hall–Kier alpha value is -0.240. The quantitative estimate of drug-likeness (QED) is 0.478. The van der Waals surface area contributed by atoms with Gasteiger partial charge in [-0.1, -0.05) is 20.3 Å². The number of rotatable bonds is 6. The van der Waals surface area contributed by atoms with E-state index in [0.29, 0.717) is 12.5 Å². The van der Waals surface area contributed by atoms with E-state index in [1.54, 1.807) is 0 Å². The lowest BCUT2D eigenvalue weighted by atomic mass is 10.0. The van der Waals surface area contributed by atoms with Crippen LogP contribution in [0.2, 0.25) is 0 Å². The summed E-state index contributed by atoms with van der Waals surface area (Å²) in [5.74, 6) is 0.354. The molecule has 0 aromatic carbocycles. The molecule has 2 nitrogen and oxygen atoms in total. The topological polar surface area (TPSA) is 26.3 Å². The Bertz CT molecular complexity index is 126. The Kier molecular flexibility index (Phi) is 7.26. The van der Waals surface area contributed by atoms with Crippen LogP contribution in [0.5, 0.6) is 0 Å². The van der Waals surface area contributed by atoms with Gasteiger partial charge in [-0.15, -0.1) is 11.6 Å². The number of esters is 1. The summed E-state index contributed by atoms with van der Waals surface area (Å²) in [4.78, 5) is 11.2. The molecule has 72 valence electrons. The van der Waals surface area contributed by atoms with Crippen molar-refractivity contribution in [2.75, 3.05) is 12.5 Å². The summed E-state index contributed by atoms with van der Waals surface area (Å²) in [6.45, 7) is 4.40. The summed E-state index contributed by atoms with van der Waals surface area (Å²) >= 11 is 5.39. The second-order valence-corrected chi connectivity index (χ2v) is 3.13. The summed E-state index contributed by atoms with van der Waals surface area (Å²) < 4.78 is 4.93. The molecular weight excluding hydrogens is 176 g/mol. The zero-order valence-corrected chi connectivity index (χ0v) is 8.56. The van der Waals surface area contributed by atoms with Gasteiger partial charge in [0.15, 0.2) is 0 Å². The molecule has 0 heterocycles.